The van der Waals surface area contributed by atoms with E-state index < -0.39 is 0 Å². The summed E-state index contributed by atoms with van der Waals surface area (Å²) in [6.45, 7) is 9.49. The lowest BCUT2D eigenvalue weighted by Gasteiger charge is -1.91. The van der Waals surface area contributed by atoms with E-state index >= 15 is 0 Å². The molecule has 0 N–H and O–H groups in total. The number of hydrogen-bond acceptors (Lipinski definition) is 1. The van der Waals surface area contributed by atoms with E-state index in [0.29, 0.717) is 5.04 Å². The van der Waals surface area contributed by atoms with Crippen LogP contribution in [0.25, 0.3) is 0 Å². The van der Waals surface area contributed by atoms with E-state index in [1.807, 2.05) is 26.8 Å². The summed E-state index contributed by atoms with van der Waals surface area (Å²) in [4.78, 5) is 4.03. The predicted octanol–water partition coefficient (Wildman–Crippen LogP) is 2.81. The van der Waals surface area contributed by atoms with Crippen LogP contribution in [0.15, 0.2) is 28.9 Å². The Hall–Kier alpha value is -0.500. The van der Waals surface area contributed by atoms with E-state index in [4.69, 9.17) is 0 Å². The maximum Gasteiger partial charge on any atom is 0.0931 e. The van der Waals surface area contributed by atoms with Gasteiger partial charge in [0.15, 0.2) is 0 Å². The molecular weight excluding hydrogens is 142 g/mol. The van der Waals surface area contributed by atoms with Crippen LogP contribution in [0.2, 0.25) is 0 Å². The Morgan fingerprint density at radius 3 is 2.20 bits per heavy atom. The fourth-order valence-electron chi connectivity index (χ4n) is 0.486. The molecule has 2 heteroatoms. The molecule has 1 nitrogen and oxygen atoms in total. The zero-order valence-corrected chi connectivity index (χ0v) is 7.57. The molecule has 0 fully saturated rings. The second-order valence-electron chi connectivity index (χ2n) is 2.43. The zero-order valence-electron chi connectivity index (χ0n) is 6.68. The summed E-state index contributed by atoms with van der Waals surface area (Å²) in [7, 11) is 0. The molecule has 0 bridgehead atoms. The Labute approximate surface area is 68.0 Å². The molecule has 0 atom stereocenters. The van der Waals surface area contributed by atoms with Gasteiger partial charge in [-0.25, -0.2) is 4.99 Å². The highest BCUT2D eigenvalue weighted by Crippen LogP contribution is 1.98. The zero-order chi connectivity index (χ0) is 8.15. The highest BCUT2D eigenvalue weighted by atomic mass is 32.1. The Balaban J connectivity index is 4.22. The lowest BCUT2D eigenvalue weighted by molar-refractivity contribution is 1.33. The summed E-state index contributed by atoms with van der Waals surface area (Å²) < 4.78 is 0. The third-order valence-electron chi connectivity index (χ3n) is 0.723. The predicted molar refractivity (Wildman–Crippen MR) is 50.7 cm³/mol. The highest BCUT2D eigenvalue weighted by molar-refractivity contribution is 7.97. The van der Waals surface area contributed by atoms with Gasteiger partial charge in [-0.1, -0.05) is 12.2 Å². The Morgan fingerprint density at radius 2 is 1.90 bits per heavy atom. The maximum absolute atomic E-state index is 4.12. The van der Waals surface area contributed by atoms with Gasteiger partial charge in [-0.3, -0.25) is 0 Å². The van der Waals surface area contributed by atoms with Crippen LogP contribution in [-0.2, 0) is 0 Å². The lowest BCUT2D eigenvalue weighted by Crippen LogP contribution is -1.81. The van der Waals surface area contributed by atoms with E-state index in [9.17, 15) is 0 Å². The summed E-state index contributed by atoms with van der Waals surface area (Å²) in [6, 6.07) is 0. The first kappa shape index (κ1) is 9.50. The van der Waals surface area contributed by atoms with E-state index in [0.717, 1.165) is 5.70 Å². The van der Waals surface area contributed by atoms with Crippen LogP contribution in [0.1, 0.15) is 20.8 Å². The first-order valence-electron chi connectivity index (χ1n) is 3.10. The molecule has 0 aliphatic rings. The first-order valence-corrected chi connectivity index (χ1v) is 3.55. The number of hydrogen-bond donors (Lipinski definition) is 1. The average Bonchev–Trinajstić information content (AvgIpc) is 1.58. The summed E-state index contributed by atoms with van der Waals surface area (Å²) in [5, 5.41) is 0.715. The van der Waals surface area contributed by atoms with Gasteiger partial charge in [0.25, 0.3) is 0 Å². The van der Waals surface area contributed by atoms with Crippen molar-refractivity contribution < 1.29 is 0 Å². The van der Waals surface area contributed by atoms with Crippen molar-refractivity contribution in [2.45, 2.75) is 20.8 Å². The molecule has 0 saturated carbocycles. The van der Waals surface area contributed by atoms with Crippen molar-refractivity contribution in [3.63, 3.8) is 0 Å². The van der Waals surface area contributed by atoms with E-state index in [1.54, 1.807) is 0 Å². The molecule has 0 rings (SSSR count). The van der Waals surface area contributed by atoms with Crippen molar-refractivity contribution in [3.8, 4) is 0 Å². The third kappa shape index (κ3) is 5.63. The van der Waals surface area contributed by atoms with Crippen LogP contribution in [0.4, 0.5) is 0 Å². The fraction of sp³-hybridized carbons (Fsp3) is 0.375. The number of aliphatic imine (C=N–C) groups is 1. The lowest BCUT2D eigenvalue weighted by atomic mass is 10.3. The molecule has 10 heavy (non-hydrogen) atoms. The Bertz CT molecular complexity index is 185. The Morgan fingerprint density at radius 1 is 1.40 bits per heavy atom. The molecule has 0 spiro atoms. The van der Waals surface area contributed by atoms with Crippen LogP contribution in [0.3, 0.4) is 0 Å². The van der Waals surface area contributed by atoms with Gasteiger partial charge >= 0.3 is 0 Å². The number of rotatable bonds is 2. The van der Waals surface area contributed by atoms with Crippen molar-refractivity contribution in [3.05, 3.63) is 23.9 Å². The molecule has 0 aliphatic heterocycles. The number of nitrogens with zero attached hydrogens (tertiary/aromatic N) is 1. The van der Waals surface area contributed by atoms with Crippen molar-refractivity contribution in [1.29, 1.82) is 0 Å². The van der Waals surface area contributed by atoms with Gasteiger partial charge in [-0.15, -0.1) is 12.6 Å². The third-order valence-corrected chi connectivity index (χ3v) is 0.952. The van der Waals surface area contributed by atoms with Gasteiger partial charge in [0, 0.05) is 5.70 Å². The van der Waals surface area contributed by atoms with Gasteiger partial charge in [-0.05, 0) is 26.8 Å². The topological polar surface area (TPSA) is 12.4 Å². The van der Waals surface area contributed by atoms with Crippen molar-refractivity contribution in [1.82, 2.24) is 0 Å². The van der Waals surface area contributed by atoms with E-state index in [-0.39, 0.29) is 0 Å². The van der Waals surface area contributed by atoms with Crippen LogP contribution in [0, 0.1) is 0 Å². The maximum atomic E-state index is 4.12. The van der Waals surface area contributed by atoms with Gasteiger partial charge in [-0.2, -0.15) is 0 Å². The average molecular weight is 155 g/mol. The van der Waals surface area contributed by atoms with Crippen molar-refractivity contribution in [2.24, 2.45) is 4.99 Å². The van der Waals surface area contributed by atoms with Gasteiger partial charge in [0.2, 0.25) is 0 Å². The minimum absolute atomic E-state index is 0.715. The standard InChI is InChI=1S/C8H13NS/c1-6(2)5-8(10)9-7(3)4/h5H,3H2,1-2,4H3,(H,9,10). The molecule has 0 saturated heterocycles. The number of thiol groups is 1. The van der Waals surface area contributed by atoms with Gasteiger partial charge < -0.3 is 0 Å². The van der Waals surface area contributed by atoms with Crippen LogP contribution in [-0.4, -0.2) is 5.04 Å². The minimum atomic E-state index is 0.715. The minimum Gasteiger partial charge on any atom is -0.248 e. The molecule has 0 radical (unpaired) electrons. The quantitative estimate of drug-likeness (QED) is 0.357. The molecule has 0 amide bonds. The summed E-state index contributed by atoms with van der Waals surface area (Å²) in [5.74, 6) is 0. The first-order chi connectivity index (χ1) is 4.52. The largest absolute Gasteiger partial charge is 0.248 e. The second-order valence-corrected chi connectivity index (χ2v) is 2.89. The van der Waals surface area contributed by atoms with E-state index in [1.165, 1.54) is 5.57 Å². The molecule has 0 aromatic carbocycles. The molecular formula is C8H13NS. The van der Waals surface area contributed by atoms with Gasteiger partial charge in [0.05, 0.1) is 5.04 Å². The monoisotopic (exact) mass is 155 g/mol. The van der Waals surface area contributed by atoms with Crippen LogP contribution >= 0.6 is 12.6 Å². The molecule has 0 heterocycles. The smallest absolute Gasteiger partial charge is 0.0931 e. The normalized spacial score (nSPS) is 11.0. The fourth-order valence-corrected chi connectivity index (χ4v) is 0.915. The molecule has 0 aromatic heterocycles. The molecule has 0 aromatic rings. The van der Waals surface area contributed by atoms with Crippen molar-refractivity contribution >= 4 is 17.7 Å². The highest BCUT2D eigenvalue weighted by Gasteiger charge is 1.84. The summed E-state index contributed by atoms with van der Waals surface area (Å²) in [6.07, 6.45) is 1.90. The molecule has 0 aliphatic carbocycles. The number of allylic oxidation sites excluding steroid dienone is 2. The van der Waals surface area contributed by atoms with Crippen LogP contribution < -0.4 is 0 Å². The molecule has 0 unspecified atom stereocenters. The van der Waals surface area contributed by atoms with E-state index in [2.05, 4.69) is 24.2 Å². The summed E-state index contributed by atoms with van der Waals surface area (Å²) in [5.41, 5.74) is 1.97. The van der Waals surface area contributed by atoms with Crippen LogP contribution in [0.5, 0.6) is 0 Å². The molecule has 56 valence electrons. The van der Waals surface area contributed by atoms with Gasteiger partial charge in [0.1, 0.15) is 0 Å². The second kappa shape index (κ2) is 4.34. The SMILES string of the molecule is C=C(C)/N=C(/S)C=C(C)C. The Kier molecular flexibility index (Phi) is 4.12. The summed E-state index contributed by atoms with van der Waals surface area (Å²) >= 11 is 4.12. The van der Waals surface area contributed by atoms with Crippen molar-refractivity contribution in [2.75, 3.05) is 0 Å².